The second kappa shape index (κ2) is 16.1. The highest BCUT2D eigenvalue weighted by atomic mass is 16.5. The predicted octanol–water partition coefficient (Wildman–Crippen LogP) is 7.31. The first-order valence-corrected chi connectivity index (χ1v) is 12.2. The maximum Gasteiger partial charge on any atom is 0.185 e. The number of ether oxygens (including phenoxy) is 1. The summed E-state index contributed by atoms with van der Waals surface area (Å²) in [5, 5.41) is 0. The van der Waals surface area contributed by atoms with Gasteiger partial charge in [-0.25, -0.2) is 0 Å². The van der Waals surface area contributed by atoms with Crippen LogP contribution in [0.15, 0.2) is 35.9 Å². The zero-order valence-corrected chi connectivity index (χ0v) is 20.2. The Morgan fingerprint density at radius 2 is 1.47 bits per heavy atom. The van der Waals surface area contributed by atoms with Gasteiger partial charge in [-0.2, -0.15) is 0 Å². The lowest BCUT2D eigenvalue weighted by molar-refractivity contribution is 0.104. The SMILES string of the molecule is CCCC/C(=C\C(=O)c1ccc(OCCCN(CCCC)CCCC)cc1)C(C)C. The minimum Gasteiger partial charge on any atom is -0.494 e. The number of hydrogen-bond acceptors (Lipinski definition) is 3. The number of carbonyl (C=O) groups is 1. The molecule has 3 nitrogen and oxygen atoms in total. The molecule has 0 atom stereocenters. The third-order valence-corrected chi connectivity index (χ3v) is 5.56. The zero-order valence-electron chi connectivity index (χ0n) is 20.2. The van der Waals surface area contributed by atoms with Crippen molar-refractivity contribution >= 4 is 5.78 Å². The Kier molecular flexibility index (Phi) is 14.2. The molecule has 0 saturated carbocycles. The minimum absolute atomic E-state index is 0.101. The fourth-order valence-corrected chi connectivity index (χ4v) is 3.45. The molecule has 0 N–H and O–H groups in total. The normalized spacial score (nSPS) is 12.0. The lowest BCUT2D eigenvalue weighted by atomic mass is 9.95. The third-order valence-electron chi connectivity index (χ3n) is 5.56. The molecule has 170 valence electrons. The number of hydrogen-bond donors (Lipinski definition) is 0. The van der Waals surface area contributed by atoms with Crippen LogP contribution in [0.25, 0.3) is 0 Å². The van der Waals surface area contributed by atoms with E-state index in [9.17, 15) is 4.79 Å². The molecular weight excluding hydrogens is 370 g/mol. The Hall–Kier alpha value is -1.61. The quantitative estimate of drug-likeness (QED) is 0.152. The van der Waals surface area contributed by atoms with E-state index in [1.54, 1.807) is 0 Å². The van der Waals surface area contributed by atoms with E-state index < -0.39 is 0 Å². The lowest BCUT2D eigenvalue weighted by Crippen LogP contribution is -2.28. The Labute approximate surface area is 185 Å². The van der Waals surface area contributed by atoms with Crippen LogP contribution in [0.1, 0.15) is 96.3 Å². The van der Waals surface area contributed by atoms with Gasteiger partial charge in [-0.3, -0.25) is 4.79 Å². The lowest BCUT2D eigenvalue weighted by Gasteiger charge is -2.21. The summed E-state index contributed by atoms with van der Waals surface area (Å²) in [4.78, 5) is 15.2. The van der Waals surface area contributed by atoms with E-state index in [4.69, 9.17) is 4.74 Å². The summed E-state index contributed by atoms with van der Waals surface area (Å²) in [5.74, 6) is 1.36. The molecule has 0 amide bonds. The van der Waals surface area contributed by atoms with Crippen LogP contribution in [0, 0.1) is 5.92 Å². The van der Waals surface area contributed by atoms with Crippen LogP contribution in [0.4, 0.5) is 0 Å². The molecule has 0 bridgehead atoms. The van der Waals surface area contributed by atoms with Crippen LogP contribution in [-0.4, -0.2) is 36.9 Å². The second-order valence-electron chi connectivity index (χ2n) is 8.62. The van der Waals surface area contributed by atoms with Crippen molar-refractivity contribution in [2.24, 2.45) is 5.92 Å². The molecule has 1 aromatic carbocycles. The van der Waals surface area contributed by atoms with Crippen molar-refractivity contribution in [1.82, 2.24) is 4.90 Å². The molecule has 0 aliphatic carbocycles. The van der Waals surface area contributed by atoms with E-state index in [1.165, 1.54) is 44.3 Å². The maximum atomic E-state index is 12.6. The molecule has 0 spiro atoms. The van der Waals surface area contributed by atoms with Gasteiger partial charge in [0.2, 0.25) is 0 Å². The number of carbonyl (C=O) groups excluding carboxylic acids is 1. The molecule has 0 fully saturated rings. The average Bonchev–Trinajstić information content (AvgIpc) is 2.75. The topological polar surface area (TPSA) is 29.5 Å². The molecule has 0 aromatic heterocycles. The number of unbranched alkanes of at least 4 members (excludes halogenated alkanes) is 3. The Bertz CT molecular complexity index is 596. The van der Waals surface area contributed by atoms with E-state index in [2.05, 4.69) is 39.5 Å². The van der Waals surface area contributed by atoms with Crippen LogP contribution >= 0.6 is 0 Å². The summed E-state index contributed by atoms with van der Waals surface area (Å²) >= 11 is 0. The number of allylic oxidation sites excluding steroid dienone is 2. The summed E-state index contributed by atoms with van der Waals surface area (Å²) in [7, 11) is 0. The van der Waals surface area contributed by atoms with Crippen LogP contribution < -0.4 is 4.74 Å². The number of benzene rings is 1. The van der Waals surface area contributed by atoms with Crippen molar-refractivity contribution in [2.45, 2.75) is 86.0 Å². The Morgan fingerprint density at radius 3 is 2.00 bits per heavy atom. The molecule has 0 heterocycles. The first-order valence-electron chi connectivity index (χ1n) is 12.2. The Balaban J connectivity index is 2.50. The third kappa shape index (κ3) is 11.0. The van der Waals surface area contributed by atoms with Crippen molar-refractivity contribution in [3.63, 3.8) is 0 Å². The van der Waals surface area contributed by atoms with Gasteiger partial charge in [0.05, 0.1) is 6.61 Å². The van der Waals surface area contributed by atoms with Gasteiger partial charge >= 0.3 is 0 Å². The molecule has 1 aromatic rings. The van der Waals surface area contributed by atoms with Gasteiger partial charge in [0, 0.05) is 12.1 Å². The fourth-order valence-electron chi connectivity index (χ4n) is 3.45. The molecule has 1 rings (SSSR count). The van der Waals surface area contributed by atoms with E-state index >= 15 is 0 Å². The first kappa shape index (κ1) is 26.4. The molecule has 0 radical (unpaired) electrons. The summed E-state index contributed by atoms with van der Waals surface area (Å²) < 4.78 is 5.92. The van der Waals surface area contributed by atoms with E-state index in [0.717, 1.165) is 50.1 Å². The van der Waals surface area contributed by atoms with Crippen LogP contribution in [-0.2, 0) is 0 Å². The smallest absolute Gasteiger partial charge is 0.185 e. The Morgan fingerprint density at radius 1 is 0.900 bits per heavy atom. The predicted molar refractivity (Wildman–Crippen MR) is 130 cm³/mol. The molecule has 0 aliphatic heterocycles. The van der Waals surface area contributed by atoms with Gasteiger partial charge in [0.15, 0.2) is 5.78 Å². The molecule has 30 heavy (non-hydrogen) atoms. The standard InChI is InChI=1S/C27H45NO2/c1-6-9-13-25(23(4)5)22-27(29)24-14-16-26(17-15-24)30-21-12-20-28(18-10-7-2)19-11-8-3/h14-17,22-23H,6-13,18-21H2,1-5H3/b25-22+. The molecule has 0 aliphatic rings. The van der Waals surface area contributed by atoms with Crippen molar-refractivity contribution in [2.75, 3.05) is 26.2 Å². The van der Waals surface area contributed by atoms with Crippen LogP contribution in [0.3, 0.4) is 0 Å². The van der Waals surface area contributed by atoms with Crippen LogP contribution in [0.5, 0.6) is 5.75 Å². The minimum atomic E-state index is 0.101. The van der Waals surface area contributed by atoms with Gasteiger partial charge in [0.1, 0.15) is 5.75 Å². The van der Waals surface area contributed by atoms with E-state index in [-0.39, 0.29) is 5.78 Å². The first-order chi connectivity index (χ1) is 14.5. The monoisotopic (exact) mass is 415 g/mol. The van der Waals surface area contributed by atoms with Gasteiger partial charge in [-0.15, -0.1) is 0 Å². The van der Waals surface area contributed by atoms with E-state index in [0.29, 0.717) is 5.92 Å². The second-order valence-corrected chi connectivity index (χ2v) is 8.62. The molecule has 0 unspecified atom stereocenters. The summed E-state index contributed by atoms with van der Waals surface area (Å²) in [6, 6.07) is 7.63. The van der Waals surface area contributed by atoms with Gasteiger partial charge in [0.25, 0.3) is 0 Å². The van der Waals surface area contributed by atoms with Gasteiger partial charge in [-0.05, 0) is 81.5 Å². The van der Waals surface area contributed by atoms with Crippen LogP contribution in [0.2, 0.25) is 0 Å². The molecular formula is C27H45NO2. The zero-order chi connectivity index (χ0) is 22.2. The van der Waals surface area contributed by atoms with Gasteiger partial charge < -0.3 is 9.64 Å². The summed E-state index contributed by atoms with van der Waals surface area (Å²) in [6.07, 6.45) is 11.2. The van der Waals surface area contributed by atoms with Gasteiger partial charge in [-0.1, -0.05) is 59.5 Å². The highest BCUT2D eigenvalue weighted by Crippen LogP contribution is 2.19. The summed E-state index contributed by atoms with van der Waals surface area (Å²) in [6.45, 7) is 15.2. The highest BCUT2D eigenvalue weighted by molar-refractivity contribution is 6.05. The fraction of sp³-hybridized carbons (Fsp3) is 0.667. The molecule has 3 heteroatoms. The van der Waals surface area contributed by atoms with Crippen molar-refractivity contribution in [3.05, 3.63) is 41.5 Å². The van der Waals surface area contributed by atoms with Crippen molar-refractivity contribution in [3.8, 4) is 5.75 Å². The number of ketones is 1. The maximum absolute atomic E-state index is 12.6. The largest absolute Gasteiger partial charge is 0.494 e. The average molecular weight is 416 g/mol. The van der Waals surface area contributed by atoms with Crippen molar-refractivity contribution in [1.29, 1.82) is 0 Å². The molecule has 0 saturated heterocycles. The van der Waals surface area contributed by atoms with E-state index in [1.807, 2.05) is 30.3 Å². The highest BCUT2D eigenvalue weighted by Gasteiger charge is 2.09. The van der Waals surface area contributed by atoms with Crippen molar-refractivity contribution < 1.29 is 9.53 Å². The summed E-state index contributed by atoms with van der Waals surface area (Å²) in [5.41, 5.74) is 1.99. The number of nitrogens with zero attached hydrogens (tertiary/aromatic N) is 1. The number of rotatable bonds is 17.